The molecule has 130 valence electrons. The minimum absolute atomic E-state index is 0.0859. The topological polar surface area (TPSA) is 75.2 Å². The Morgan fingerprint density at radius 1 is 1.29 bits per heavy atom. The van der Waals surface area contributed by atoms with Gasteiger partial charge in [0.15, 0.2) is 0 Å². The Balaban J connectivity index is 1.43. The van der Waals surface area contributed by atoms with E-state index in [-0.39, 0.29) is 16.7 Å². The average Bonchev–Trinajstić information content (AvgIpc) is 3.25. The first-order valence-corrected chi connectivity index (χ1v) is 10.5. The molecule has 0 spiro atoms. The molecule has 1 N–H and O–H groups in total. The third kappa shape index (κ3) is 2.83. The van der Waals surface area contributed by atoms with Crippen molar-refractivity contribution in [3.05, 3.63) is 5.01 Å². The predicted octanol–water partition coefficient (Wildman–Crippen LogP) is 2.98. The van der Waals surface area contributed by atoms with Crippen LogP contribution in [0.3, 0.4) is 0 Å². The van der Waals surface area contributed by atoms with Gasteiger partial charge in [0.1, 0.15) is 11.0 Å². The molecule has 3 aliphatic rings. The summed E-state index contributed by atoms with van der Waals surface area (Å²) in [4.78, 5) is 26.4. The zero-order valence-corrected chi connectivity index (χ0v) is 15.4. The monoisotopic (exact) mass is 366 g/mol. The quantitative estimate of drug-likeness (QED) is 0.890. The highest BCUT2D eigenvalue weighted by atomic mass is 32.2. The minimum atomic E-state index is -0.392. The van der Waals surface area contributed by atoms with Crippen LogP contribution in [0.2, 0.25) is 0 Å². The van der Waals surface area contributed by atoms with E-state index in [0.717, 1.165) is 11.4 Å². The van der Waals surface area contributed by atoms with Gasteiger partial charge in [-0.15, -0.1) is 22.0 Å². The molecule has 3 heterocycles. The number of anilines is 1. The summed E-state index contributed by atoms with van der Waals surface area (Å²) in [6.45, 7) is 2.06. The second-order valence-electron chi connectivity index (χ2n) is 7.04. The Morgan fingerprint density at radius 3 is 2.88 bits per heavy atom. The van der Waals surface area contributed by atoms with Crippen molar-refractivity contribution >= 4 is 40.0 Å². The van der Waals surface area contributed by atoms with Gasteiger partial charge in [0, 0.05) is 18.1 Å². The summed E-state index contributed by atoms with van der Waals surface area (Å²) in [5.74, 6) is 1.10. The van der Waals surface area contributed by atoms with Crippen molar-refractivity contribution in [2.75, 3.05) is 11.1 Å². The summed E-state index contributed by atoms with van der Waals surface area (Å²) in [6, 6.07) is -0.392. The molecule has 2 amide bonds. The van der Waals surface area contributed by atoms with Crippen molar-refractivity contribution in [3.8, 4) is 0 Å². The first-order chi connectivity index (χ1) is 11.6. The lowest BCUT2D eigenvalue weighted by Crippen LogP contribution is -2.48. The van der Waals surface area contributed by atoms with E-state index in [9.17, 15) is 9.59 Å². The van der Waals surface area contributed by atoms with Crippen molar-refractivity contribution in [1.29, 1.82) is 0 Å². The number of fused-ring (bicyclic) bond motifs is 1. The van der Waals surface area contributed by atoms with Crippen LogP contribution in [0.5, 0.6) is 0 Å². The van der Waals surface area contributed by atoms with E-state index in [4.69, 9.17) is 0 Å². The number of thioether (sulfide) groups is 1. The molecule has 24 heavy (non-hydrogen) atoms. The fourth-order valence-electron chi connectivity index (χ4n) is 4.00. The molecule has 1 saturated carbocycles. The summed E-state index contributed by atoms with van der Waals surface area (Å²) >= 11 is 3.19. The number of rotatable bonds is 3. The Morgan fingerprint density at radius 2 is 2.08 bits per heavy atom. The molecule has 2 unspecified atom stereocenters. The van der Waals surface area contributed by atoms with Crippen LogP contribution in [0, 0.1) is 0 Å². The largest absolute Gasteiger partial charge is 0.315 e. The number of aromatic nitrogens is 2. The van der Waals surface area contributed by atoms with E-state index in [1.54, 1.807) is 16.7 Å². The van der Waals surface area contributed by atoms with Crippen LogP contribution in [-0.2, 0) is 9.59 Å². The molecule has 0 aromatic carbocycles. The van der Waals surface area contributed by atoms with Gasteiger partial charge < -0.3 is 4.90 Å². The third-order valence-electron chi connectivity index (χ3n) is 5.37. The first kappa shape index (κ1) is 16.3. The lowest BCUT2D eigenvalue weighted by Gasteiger charge is -2.29. The van der Waals surface area contributed by atoms with Crippen molar-refractivity contribution < 1.29 is 9.59 Å². The Kier molecular flexibility index (Phi) is 4.28. The molecule has 0 radical (unpaired) electrons. The molecule has 2 atom stereocenters. The molecule has 1 aromatic rings. The fraction of sp³-hybridized carbons (Fsp3) is 0.750. The van der Waals surface area contributed by atoms with Gasteiger partial charge in [0.2, 0.25) is 16.9 Å². The number of hydrogen-bond acceptors (Lipinski definition) is 6. The summed E-state index contributed by atoms with van der Waals surface area (Å²) in [6.07, 6.45) is 7.51. The standard InChI is InChI=1S/C16H22N4O2S2/c1-16-8-7-12(21)20(16)11(9-23-16)13(22)17-15-19-18-14(24-15)10-5-3-2-4-6-10/h10-11H,2-9H2,1H3,(H,17,19,22). The zero-order valence-electron chi connectivity index (χ0n) is 13.8. The van der Waals surface area contributed by atoms with Crippen LogP contribution in [0.25, 0.3) is 0 Å². The number of carbonyl (C=O) groups is 2. The van der Waals surface area contributed by atoms with Crippen molar-refractivity contribution in [1.82, 2.24) is 15.1 Å². The summed E-state index contributed by atoms with van der Waals surface area (Å²) in [5, 5.41) is 12.9. The van der Waals surface area contributed by atoms with Crippen molar-refractivity contribution in [2.45, 2.75) is 68.7 Å². The molecule has 3 fully saturated rings. The van der Waals surface area contributed by atoms with Gasteiger partial charge >= 0.3 is 0 Å². The molecule has 6 nitrogen and oxygen atoms in total. The lowest BCUT2D eigenvalue weighted by atomic mass is 9.90. The van der Waals surface area contributed by atoms with Gasteiger partial charge in [-0.25, -0.2) is 0 Å². The number of hydrogen-bond donors (Lipinski definition) is 1. The normalized spacial score (nSPS) is 30.6. The highest BCUT2D eigenvalue weighted by Gasteiger charge is 2.53. The SMILES string of the molecule is CC12CCC(=O)N1C(C(=O)Nc1nnc(C3CCCCC3)s1)CS2. The number of amides is 2. The maximum atomic E-state index is 12.7. The van der Waals surface area contributed by atoms with Crippen LogP contribution in [-0.4, -0.2) is 43.6 Å². The second-order valence-corrected chi connectivity index (χ2v) is 9.55. The molecular weight excluding hydrogens is 344 g/mol. The van der Waals surface area contributed by atoms with Gasteiger partial charge in [-0.05, 0) is 26.2 Å². The minimum Gasteiger partial charge on any atom is -0.315 e. The molecular formula is C16H22N4O2S2. The van der Waals surface area contributed by atoms with Crippen LogP contribution in [0.4, 0.5) is 5.13 Å². The van der Waals surface area contributed by atoms with Crippen LogP contribution < -0.4 is 5.32 Å². The Hall–Kier alpha value is -1.15. The average molecular weight is 367 g/mol. The maximum Gasteiger partial charge on any atom is 0.249 e. The van der Waals surface area contributed by atoms with Crippen LogP contribution in [0.1, 0.15) is 62.8 Å². The summed E-state index contributed by atoms with van der Waals surface area (Å²) in [7, 11) is 0. The smallest absolute Gasteiger partial charge is 0.249 e. The molecule has 2 saturated heterocycles. The second kappa shape index (κ2) is 6.29. The van der Waals surface area contributed by atoms with Gasteiger partial charge in [-0.1, -0.05) is 30.6 Å². The highest BCUT2D eigenvalue weighted by molar-refractivity contribution is 8.01. The van der Waals surface area contributed by atoms with E-state index < -0.39 is 6.04 Å². The van der Waals surface area contributed by atoms with E-state index >= 15 is 0 Å². The highest BCUT2D eigenvalue weighted by Crippen LogP contribution is 2.47. The summed E-state index contributed by atoms with van der Waals surface area (Å²) < 4.78 is 0. The Labute approximate surface area is 149 Å². The van der Waals surface area contributed by atoms with Gasteiger partial charge in [-0.3, -0.25) is 14.9 Å². The molecule has 1 aliphatic carbocycles. The third-order valence-corrected chi connectivity index (χ3v) is 7.88. The molecule has 2 aliphatic heterocycles. The van der Waals surface area contributed by atoms with E-state index in [1.165, 1.54) is 43.4 Å². The first-order valence-electron chi connectivity index (χ1n) is 8.67. The molecule has 4 rings (SSSR count). The van der Waals surface area contributed by atoms with Gasteiger partial charge in [-0.2, -0.15) is 0 Å². The number of nitrogens with zero attached hydrogens (tertiary/aromatic N) is 3. The van der Waals surface area contributed by atoms with E-state index in [1.807, 2.05) is 0 Å². The summed E-state index contributed by atoms with van der Waals surface area (Å²) in [5.41, 5.74) is 0. The van der Waals surface area contributed by atoms with Crippen LogP contribution in [0.15, 0.2) is 0 Å². The lowest BCUT2D eigenvalue weighted by molar-refractivity contribution is -0.135. The number of nitrogens with one attached hydrogen (secondary N) is 1. The Bertz CT molecular complexity index is 658. The predicted molar refractivity (Wildman–Crippen MR) is 95.1 cm³/mol. The van der Waals surface area contributed by atoms with Gasteiger partial charge in [0.25, 0.3) is 0 Å². The van der Waals surface area contributed by atoms with Crippen LogP contribution >= 0.6 is 23.1 Å². The van der Waals surface area contributed by atoms with Gasteiger partial charge in [0.05, 0.1) is 4.87 Å². The molecule has 1 aromatic heterocycles. The van der Waals surface area contributed by atoms with Crippen molar-refractivity contribution in [3.63, 3.8) is 0 Å². The molecule has 0 bridgehead atoms. The fourth-order valence-corrected chi connectivity index (χ4v) is 6.35. The maximum absolute atomic E-state index is 12.7. The number of carbonyl (C=O) groups excluding carboxylic acids is 2. The molecule has 8 heteroatoms. The van der Waals surface area contributed by atoms with Crippen molar-refractivity contribution in [2.24, 2.45) is 0 Å². The van der Waals surface area contributed by atoms with E-state index in [0.29, 0.717) is 23.2 Å². The zero-order chi connectivity index (χ0) is 16.7. The van der Waals surface area contributed by atoms with E-state index in [2.05, 4.69) is 22.4 Å².